The molecule has 10 heteroatoms. The van der Waals surface area contributed by atoms with E-state index in [1.807, 2.05) is 38.7 Å². The summed E-state index contributed by atoms with van der Waals surface area (Å²) < 4.78 is 12.2. The predicted octanol–water partition coefficient (Wildman–Crippen LogP) is 1.59. The Hall–Kier alpha value is -2.88. The van der Waals surface area contributed by atoms with Crippen LogP contribution in [0.5, 0.6) is 0 Å². The van der Waals surface area contributed by atoms with E-state index in [9.17, 15) is 9.59 Å². The number of aryl methyl sites for hydroxylation is 1. The van der Waals surface area contributed by atoms with E-state index in [2.05, 4.69) is 15.1 Å². The summed E-state index contributed by atoms with van der Waals surface area (Å²) in [5.74, 6) is 1.00. The summed E-state index contributed by atoms with van der Waals surface area (Å²) in [7, 11) is 0. The minimum atomic E-state index is -0.531. The van der Waals surface area contributed by atoms with Gasteiger partial charge in [0, 0.05) is 26.2 Å². The van der Waals surface area contributed by atoms with Crippen LogP contribution in [0.4, 0.5) is 10.5 Å². The van der Waals surface area contributed by atoms with Gasteiger partial charge in [-0.15, -0.1) is 0 Å². The molecule has 0 unspecified atom stereocenters. The number of hydrogen-bond donors (Lipinski definition) is 1. The van der Waals surface area contributed by atoms with Crippen molar-refractivity contribution in [2.75, 3.05) is 44.3 Å². The maximum Gasteiger partial charge on any atom is 0.410 e. The largest absolute Gasteiger partial charge is 0.444 e. The zero-order valence-corrected chi connectivity index (χ0v) is 17.9. The Morgan fingerprint density at radius 2 is 1.93 bits per heavy atom. The van der Waals surface area contributed by atoms with E-state index in [1.165, 1.54) is 4.52 Å². The Labute approximate surface area is 174 Å². The average molecular weight is 416 g/mol. The quantitative estimate of drug-likeness (QED) is 0.792. The normalized spacial score (nSPS) is 17.9. The van der Waals surface area contributed by atoms with E-state index in [0.29, 0.717) is 62.4 Å². The number of nitrogens with zero attached hydrogens (tertiary/aromatic N) is 5. The van der Waals surface area contributed by atoms with Crippen LogP contribution in [0.1, 0.15) is 38.7 Å². The molecule has 30 heavy (non-hydrogen) atoms. The first-order chi connectivity index (χ1) is 14.2. The maximum atomic E-state index is 13.2. The zero-order valence-electron chi connectivity index (χ0n) is 17.9. The van der Waals surface area contributed by atoms with Crippen LogP contribution < -0.4 is 10.5 Å². The number of carbonyl (C=O) groups is 1. The fourth-order valence-corrected chi connectivity index (χ4v) is 3.70. The number of piperazine rings is 1. The third kappa shape index (κ3) is 4.04. The van der Waals surface area contributed by atoms with Crippen molar-refractivity contribution in [1.82, 2.24) is 24.5 Å². The van der Waals surface area contributed by atoms with Crippen LogP contribution in [-0.4, -0.2) is 75.6 Å². The number of carbonyl (C=O) groups excluding carboxylic acids is 1. The van der Waals surface area contributed by atoms with Crippen molar-refractivity contribution in [3.8, 4) is 0 Å². The van der Waals surface area contributed by atoms with Gasteiger partial charge in [0.15, 0.2) is 5.82 Å². The molecule has 0 bridgehead atoms. The second-order valence-corrected chi connectivity index (χ2v) is 8.57. The molecule has 0 aliphatic carbocycles. The third-order valence-corrected chi connectivity index (χ3v) is 5.16. The molecule has 0 radical (unpaired) electrons. The van der Waals surface area contributed by atoms with Crippen LogP contribution in [0.15, 0.2) is 10.9 Å². The number of H-pyrrole nitrogens is 1. The van der Waals surface area contributed by atoms with Crippen molar-refractivity contribution in [1.29, 1.82) is 0 Å². The summed E-state index contributed by atoms with van der Waals surface area (Å²) in [6.07, 6.45) is 2.38. The lowest BCUT2D eigenvalue weighted by atomic mass is 10.1. The molecule has 2 aromatic heterocycles. The minimum absolute atomic E-state index is 0.186. The number of amides is 1. The van der Waals surface area contributed by atoms with Crippen molar-refractivity contribution in [3.63, 3.8) is 0 Å². The molecule has 2 aromatic rings. The summed E-state index contributed by atoms with van der Waals surface area (Å²) in [6, 6.07) is 0. The van der Waals surface area contributed by atoms with Gasteiger partial charge in [0.25, 0.3) is 11.3 Å². The van der Waals surface area contributed by atoms with Crippen molar-refractivity contribution >= 4 is 23.1 Å². The summed E-state index contributed by atoms with van der Waals surface area (Å²) in [5.41, 5.74) is 1.47. The average Bonchev–Trinajstić information content (AvgIpc) is 3.12. The third-order valence-electron chi connectivity index (χ3n) is 5.16. The van der Waals surface area contributed by atoms with Crippen LogP contribution in [0.2, 0.25) is 0 Å². The highest BCUT2D eigenvalue weighted by molar-refractivity contribution is 5.69. The van der Waals surface area contributed by atoms with Gasteiger partial charge in [-0.25, -0.2) is 9.78 Å². The zero-order chi connectivity index (χ0) is 21.5. The lowest BCUT2D eigenvalue weighted by molar-refractivity contribution is 0.0240. The Morgan fingerprint density at radius 3 is 2.57 bits per heavy atom. The Balaban J connectivity index is 1.55. The van der Waals surface area contributed by atoms with Crippen molar-refractivity contribution in [2.24, 2.45) is 0 Å². The number of nitrogens with one attached hydrogen (secondary N) is 1. The topological polar surface area (TPSA) is 105 Å². The fourth-order valence-electron chi connectivity index (χ4n) is 3.70. The number of fused-ring (bicyclic) bond motifs is 1. The summed E-state index contributed by atoms with van der Waals surface area (Å²) in [6.45, 7) is 10.6. The van der Waals surface area contributed by atoms with Crippen molar-refractivity contribution in [3.05, 3.63) is 27.9 Å². The number of ether oxygens (including phenoxy) is 2. The number of anilines is 1. The van der Waals surface area contributed by atoms with Gasteiger partial charge in [-0.1, -0.05) is 6.08 Å². The molecule has 0 saturated carbocycles. The van der Waals surface area contributed by atoms with Gasteiger partial charge in [0.1, 0.15) is 11.3 Å². The smallest absolute Gasteiger partial charge is 0.410 e. The number of aromatic nitrogens is 4. The summed E-state index contributed by atoms with van der Waals surface area (Å²) >= 11 is 0. The van der Waals surface area contributed by atoms with Gasteiger partial charge < -0.3 is 19.3 Å². The molecular weight excluding hydrogens is 388 g/mol. The standard InChI is InChI=1S/C20H28N6O4/c1-13-15(24-7-9-25(10-8-24)19(28)30-20(2,3)4)17(27)26-18(21-13)22-16(23-26)14-5-11-29-12-6-14/h5H,6-12H2,1-4H3,(H,21,22,23). The highest BCUT2D eigenvalue weighted by atomic mass is 16.6. The molecular formula is C20H28N6O4. The van der Waals surface area contributed by atoms with Crippen LogP contribution in [0, 0.1) is 6.92 Å². The molecule has 4 rings (SSSR count). The SMILES string of the molecule is Cc1nc2nc(C3=CCOCC3)[nH]n2c(=O)c1N1CCN(C(=O)OC(C)(C)C)CC1. The van der Waals surface area contributed by atoms with E-state index in [-0.39, 0.29) is 11.7 Å². The molecule has 1 amide bonds. The first-order valence-corrected chi connectivity index (χ1v) is 10.2. The van der Waals surface area contributed by atoms with Gasteiger partial charge in [-0.2, -0.15) is 9.50 Å². The highest BCUT2D eigenvalue weighted by Crippen LogP contribution is 2.21. The molecule has 0 aromatic carbocycles. The van der Waals surface area contributed by atoms with Gasteiger partial charge in [-0.05, 0) is 39.7 Å². The molecule has 0 spiro atoms. The molecule has 2 aliphatic heterocycles. The molecule has 0 atom stereocenters. The van der Waals surface area contributed by atoms with E-state index in [4.69, 9.17) is 9.47 Å². The van der Waals surface area contributed by atoms with Crippen LogP contribution in [0.25, 0.3) is 11.4 Å². The monoisotopic (exact) mass is 416 g/mol. The molecule has 1 fully saturated rings. The molecule has 4 heterocycles. The second-order valence-electron chi connectivity index (χ2n) is 8.57. The van der Waals surface area contributed by atoms with E-state index in [1.54, 1.807) is 4.90 Å². The van der Waals surface area contributed by atoms with E-state index in [0.717, 1.165) is 12.0 Å². The number of aromatic amines is 1. The van der Waals surface area contributed by atoms with Gasteiger partial charge in [-0.3, -0.25) is 9.89 Å². The molecule has 162 valence electrons. The molecule has 1 N–H and O–H groups in total. The number of rotatable bonds is 2. The number of hydrogen-bond acceptors (Lipinski definition) is 7. The predicted molar refractivity (Wildman–Crippen MR) is 112 cm³/mol. The fraction of sp³-hybridized carbons (Fsp3) is 0.600. The van der Waals surface area contributed by atoms with Crippen molar-refractivity contribution in [2.45, 2.75) is 39.7 Å². The second kappa shape index (κ2) is 7.75. The molecule has 2 aliphatic rings. The van der Waals surface area contributed by atoms with E-state index >= 15 is 0 Å². The van der Waals surface area contributed by atoms with E-state index < -0.39 is 5.60 Å². The summed E-state index contributed by atoms with van der Waals surface area (Å²) in [5, 5.41) is 3.09. The van der Waals surface area contributed by atoms with Gasteiger partial charge in [0.05, 0.1) is 18.9 Å². The van der Waals surface area contributed by atoms with Gasteiger partial charge in [0.2, 0.25) is 0 Å². The van der Waals surface area contributed by atoms with Crippen LogP contribution >= 0.6 is 0 Å². The highest BCUT2D eigenvalue weighted by Gasteiger charge is 2.28. The van der Waals surface area contributed by atoms with Gasteiger partial charge >= 0.3 is 6.09 Å². The first-order valence-electron chi connectivity index (χ1n) is 10.2. The Morgan fingerprint density at radius 1 is 1.20 bits per heavy atom. The Bertz CT molecular complexity index is 1040. The maximum absolute atomic E-state index is 13.2. The summed E-state index contributed by atoms with van der Waals surface area (Å²) in [4.78, 5) is 38.2. The first kappa shape index (κ1) is 20.4. The van der Waals surface area contributed by atoms with Crippen LogP contribution in [-0.2, 0) is 9.47 Å². The minimum Gasteiger partial charge on any atom is -0.444 e. The van der Waals surface area contributed by atoms with Crippen LogP contribution in [0.3, 0.4) is 0 Å². The molecule has 10 nitrogen and oxygen atoms in total. The lowest BCUT2D eigenvalue weighted by Gasteiger charge is -2.36. The Kier molecular flexibility index (Phi) is 5.27. The lowest BCUT2D eigenvalue weighted by Crippen LogP contribution is -2.51. The molecule has 1 saturated heterocycles. The van der Waals surface area contributed by atoms with Crippen molar-refractivity contribution < 1.29 is 14.3 Å².